The standard InChI is InChI=1S/C39H40N6O5S/c1-26(46)14-37-39(30-10-4-3-5-11-30)42-25-45(37)23-29-16-32(20-34(47)18-29)31-12-6-8-27(15-31)19-35-36(21-38(40)48)44(24-41-35)22-28-9-7-13-33(17-28)43-51(2,49)50/h3-13,15-18,20,24-26,43,46-47H,14,19,21-23H2,1-2H3,(H2,40,48). The first-order valence-electron chi connectivity index (χ1n) is 16.5. The van der Waals surface area contributed by atoms with E-state index in [2.05, 4.69) is 14.7 Å². The number of nitrogens with one attached hydrogen (secondary N) is 1. The van der Waals surface area contributed by atoms with Gasteiger partial charge in [-0.05, 0) is 65.1 Å². The van der Waals surface area contributed by atoms with Gasteiger partial charge in [0.2, 0.25) is 15.9 Å². The maximum Gasteiger partial charge on any atom is 0.229 e. The molecular formula is C39H40N6O5S. The third kappa shape index (κ3) is 9.10. The molecule has 5 N–H and O–H groups in total. The van der Waals surface area contributed by atoms with E-state index in [0.717, 1.165) is 51.0 Å². The molecule has 262 valence electrons. The van der Waals surface area contributed by atoms with Crippen molar-refractivity contribution in [3.8, 4) is 28.1 Å². The first-order chi connectivity index (χ1) is 24.4. The summed E-state index contributed by atoms with van der Waals surface area (Å²) in [7, 11) is -3.44. The lowest BCUT2D eigenvalue weighted by Gasteiger charge is -2.14. The second kappa shape index (κ2) is 15.0. The van der Waals surface area contributed by atoms with Crippen LogP contribution in [0.15, 0.2) is 110 Å². The third-order valence-corrected chi connectivity index (χ3v) is 9.01. The zero-order chi connectivity index (χ0) is 36.1. The highest BCUT2D eigenvalue weighted by Crippen LogP contribution is 2.30. The lowest BCUT2D eigenvalue weighted by Crippen LogP contribution is -2.18. The number of carbonyl (C=O) groups excluding carboxylic acids is 1. The van der Waals surface area contributed by atoms with Crippen molar-refractivity contribution in [2.24, 2.45) is 5.73 Å². The number of anilines is 1. The Morgan fingerprint density at radius 3 is 2.22 bits per heavy atom. The molecule has 0 aliphatic carbocycles. The lowest BCUT2D eigenvalue weighted by atomic mass is 9.98. The molecule has 6 rings (SSSR count). The number of imidazole rings is 2. The minimum Gasteiger partial charge on any atom is -0.508 e. The van der Waals surface area contributed by atoms with Gasteiger partial charge < -0.3 is 25.1 Å². The number of primary amides is 1. The quantitative estimate of drug-likeness (QED) is 0.122. The Bertz CT molecular complexity index is 2280. The molecule has 2 heterocycles. The summed E-state index contributed by atoms with van der Waals surface area (Å²) in [5.74, 6) is -0.358. The topological polar surface area (TPSA) is 165 Å². The number of hydrogen-bond acceptors (Lipinski definition) is 7. The Balaban J connectivity index is 1.25. The molecule has 0 saturated carbocycles. The van der Waals surface area contributed by atoms with Gasteiger partial charge >= 0.3 is 0 Å². The second-order valence-corrected chi connectivity index (χ2v) is 14.6. The van der Waals surface area contributed by atoms with Crippen molar-refractivity contribution in [1.82, 2.24) is 19.1 Å². The average Bonchev–Trinajstić information content (AvgIpc) is 3.62. The SMILES string of the molecule is CC(O)Cc1c(-c2ccccc2)ncn1Cc1cc(O)cc(-c2cccc(Cc3ncn(Cc4cccc(NS(C)(=O)=O)c4)c3CC(N)=O)c2)c1. The molecule has 0 radical (unpaired) electrons. The highest BCUT2D eigenvalue weighted by molar-refractivity contribution is 7.92. The van der Waals surface area contributed by atoms with Crippen LogP contribution in [-0.4, -0.2) is 56.0 Å². The van der Waals surface area contributed by atoms with Gasteiger partial charge in [-0.15, -0.1) is 0 Å². The number of nitrogens with two attached hydrogens (primary N) is 1. The van der Waals surface area contributed by atoms with E-state index in [9.17, 15) is 23.4 Å². The van der Waals surface area contributed by atoms with Crippen LogP contribution in [0.4, 0.5) is 5.69 Å². The van der Waals surface area contributed by atoms with Crippen molar-refractivity contribution in [3.05, 3.63) is 143 Å². The fourth-order valence-corrected chi connectivity index (χ4v) is 6.86. The van der Waals surface area contributed by atoms with Gasteiger partial charge in [0.25, 0.3) is 0 Å². The van der Waals surface area contributed by atoms with Gasteiger partial charge in [0, 0.05) is 42.9 Å². The van der Waals surface area contributed by atoms with E-state index < -0.39 is 22.0 Å². The van der Waals surface area contributed by atoms with E-state index in [-0.39, 0.29) is 12.2 Å². The molecule has 51 heavy (non-hydrogen) atoms. The summed E-state index contributed by atoms with van der Waals surface area (Å²) in [5.41, 5.74) is 14.6. The highest BCUT2D eigenvalue weighted by atomic mass is 32.2. The Labute approximate surface area is 297 Å². The second-order valence-electron chi connectivity index (χ2n) is 12.8. The van der Waals surface area contributed by atoms with Crippen LogP contribution in [0.5, 0.6) is 5.75 Å². The van der Waals surface area contributed by atoms with Crippen molar-refractivity contribution in [2.45, 2.75) is 45.4 Å². The molecule has 0 saturated heterocycles. The van der Waals surface area contributed by atoms with E-state index in [1.807, 2.05) is 75.9 Å². The normalized spacial score (nSPS) is 12.1. The Morgan fingerprint density at radius 2 is 1.47 bits per heavy atom. The summed E-state index contributed by atoms with van der Waals surface area (Å²) in [6.07, 6.45) is 4.83. The minimum absolute atomic E-state index is 0.0104. The first-order valence-corrected chi connectivity index (χ1v) is 18.4. The number of hydrogen-bond donors (Lipinski definition) is 4. The monoisotopic (exact) mass is 704 g/mol. The number of aromatic nitrogens is 4. The number of amides is 1. The zero-order valence-corrected chi connectivity index (χ0v) is 29.2. The molecule has 11 nitrogen and oxygen atoms in total. The van der Waals surface area contributed by atoms with Crippen LogP contribution in [0.2, 0.25) is 0 Å². The summed E-state index contributed by atoms with van der Waals surface area (Å²) < 4.78 is 29.8. The van der Waals surface area contributed by atoms with Crippen LogP contribution in [0.1, 0.15) is 40.7 Å². The molecule has 1 amide bonds. The summed E-state index contributed by atoms with van der Waals surface area (Å²) in [5, 5.41) is 21.1. The summed E-state index contributed by atoms with van der Waals surface area (Å²) in [6.45, 7) is 2.57. The predicted octanol–water partition coefficient (Wildman–Crippen LogP) is 5.13. The summed E-state index contributed by atoms with van der Waals surface area (Å²) >= 11 is 0. The maximum atomic E-state index is 12.1. The molecule has 0 aliphatic heterocycles. The van der Waals surface area contributed by atoms with E-state index in [1.165, 1.54) is 0 Å². The van der Waals surface area contributed by atoms with Gasteiger partial charge in [-0.1, -0.05) is 66.7 Å². The van der Waals surface area contributed by atoms with Crippen LogP contribution in [0.3, 0.4) is 0 Å². The Kier molecular flexibility index (Phi) is 10.4. The molecule has 0 aliphatic rings. The molecule has 0 fully saturated rings. The predicted molar refractivity (Wildman–Crippen MR) is 198 cm³/mol. The number of carbonyl (C=O) groups is 1. The number of benzene rings is 4. The number of aromatic hydroxyl groups is 1. The van der Waals surface area contributed by atoms with E-state index >= 15 is 0 Å². The molecule has 1 unspecified atom stereocenters. The summed E-state index contributed by atoms with van der Waals surface area (Å²) in [6, 6.07) is 30.4. The number of nitrogens with zero attached hydrogens (tertiary/aromatic N) is 4. The molecule has 2 aromatic heterocycles. The molecule has 0 spiro atoms. The molecule has 12 heteroatoms. The number of aliphatic hydroxyl groups is 1. The smallest absolute Gasteiger partial charge is 0.229 e. The minimum atomic E-state index is -3.44. The van der Waals surface area contributed by atoms with Gasteiger partial charge in [0.1, 0.15) is 5.75 Å². The van der Waals surface area contributed by atoms with Gasteiger partial charge in [-0.2, -0.15) is 0 Å². The number of aliphatic hydroxyl groups excluding tert-OH is 1. The van der Waals surface area contributed by atoms with Gasteiger partial charge in [0.15, 0.2) is 0 Å². The third-order valence-electron chi connectivity index (χ3n) is 8.40. The van der Waals surface area contributed by atoms with Crippen molar-refractivity contribution in [1.29, 1.82) is 0 Å². The van der Waals surface area contributed by atoms with Crippen LogP contribution in [0, 0.1) is 0 Å². The van der Waals surface area contributed by atoms with E-state index in [0.29, 0.717) is 43.0 Å². The number of rotatable bonds is 14. The van der Waals surface area contributed by atoms with Crippen molar-refractivity contribution in [3.63, 3.8) is 0 Å². The largest absolute Gasteiger partial charge is 0.508 e. The number of phenols is 1. The van der Waals surface area contributed by atoms with Crippen molar-refractivity contribution in [2.75, 3.05) is 11.0 Å². The van der Waals surface area contributed by atoms with Crippen LogP contribution >= 0.6 is 0 Å². The van der Waals surface area contributed by atoms with Crippen molar-refractivity contribution < 1.29 is 23.4 Å². The highest BCUT2D eigenvalue weighted by Gasteiger charge is 2.18. The molecule has 1 atom stereocenters. The Morgan fingerprint density at radius 1 is 0.804 bits per heavy atom. The van der Waals surface area contributed by atoms with Gasteiger partial charge in [-0.25, -0.2) is 18.4 Å². The molecule has 6 aromatic rings. The molecule has 4 aromatic carbocycles. The van der Waals surface area contributed by atoms with Crippen LogP contribution in [-0.2, 0) is 47.2 Å². The number of phenolic OH excluding ortho intramolecular Hbond substituents is 1. The van der Waals surface area contributed by atoms with E-state index in [4.69, 9.17) is 5.73 Å². The van der Waals surface area contributed by atoms with Crippen LogP contribution < -0.4 is 10.5 Å². The fraction of sp³-hybridized carbons (Fsp3) is 0.205. The van der Waals surface area contributed by atoms with Gasteiger partial charge in [0.05, 0.1) is 48.5 Å². The molecular weight excluding hydrogens is 665 g/mol. The molecule has 0 bridgehead atoms. The zero-order valence-electron chi connectivity index (χ0n) is 28.4. The average molecular weight is 705 g/mol. The summed E-state index contributed by atoms with van der Waals surface area (Å²) in [4.78, 5) is 21.5. The lowest BCUT2D eigenvalue weighted by molar-refractivity contribution is -0.117. The van der Waals surface area contributed by atoms with Gasteiger partial charge in [-0.3, -0.25) is 9.52 Å². The van der Waals surface area contributed by atoms with Crippen molar-refractivity contribution >= 4 is 21.6 Å². The maximum absolute atomic E-state index is 12.1. The van der Waals surface area contributed by atoms with Crippen LogP contribution in [0.25, 0.3) is 22.4 Å². The Hall–Kier alpha value is -5.72. The first kappa shape index (κ1) is 35.1. The fourth-order valence-electron chi connectivity index (χ4n) is 6.30. The van der Waals surface area contributed by atoms with E-state index in [1.54, 1.807) is 49.9 Å². The number of sulfonamides is 1.